The van der Waals surface area contributed by atoms with Gasteiger partial charge in [0.05, 0.1) is 11.9 Å². The zero-order chi connectivity index (χ0) is 28.0. The number of carbonyl (C=O) groups excluding carboxylic acids is 2. The van der Waals surface area contributed by atoms with E-state index < -0.39 is 28.5 Å². The Kier molecular flexibility index (Phi) is 10.6. The van der Waals surface area contributed by atoms with Gasteiger partial charge in [-0.05, 0) is 47.1 Å². The van der Waals surface area contributed by atoms with Crippen LogP contribution in [-0.4, -0.2) is 50.5 Å². The lowest BCUT2D eigenvalue weighted by molar-refractivity contribution is -0.140. The molecule has 0 radical (unpaired) electrons. The molecule has 0 bridgehead atoms. The molecule has 0 aliphatic heterocycles. The van der Waals surface area contributed by atoms with Crippen LogP contribution in [0.4, 0.5) is 5.69 Å². The van der Waals surface area contributed by atoms with Crippen LogP contribution in [-0.2, 0) is 31.6 Å². The first-order valence-electron chi connectivity index (χ1n) is 12.5. The van der Waals surface area contributed by atoms with E-state index in [4.69, 9.17) is 11.6 Å². The maximum atomic E-state index is 13.8. The summed E-state index contributed by atoms with van der Waals surface area (Å²) in [7, 11) is -3.79. The normalized spacial score (nSPS) is 12.8. The molecule has 0 aliphatic carbocycles. The molecule has 0 fully saturated rings. The minimum atomic E-state index is -3.79. The van der Waals surface area contributed by atoms with Crippen molar-refractivity contribution in [1.82, 2.24) is 10.2 Å². The minimum absolute atomic E-state index is 0.0761. The van der Waals surface area contributed by atoms with E-state index in [1.54, 1.807) is 30.3 Å². The van der Waals surface area contributed by atoms with E-state index in [0.29, 0.717) is 29.2 Å². The van der Waals surface area contributed by atoms with Gasteiger partial charge >= 0.3 is 0 Å². The van der Waals surface area contributed by atoms with Crippen molar-refractivity contribution in [3.05, 3.63) is 64.7 Å². The number of benzene rings is 2. The summed E-state index contributed by atoms with van der Waals surface area (Å²) in [6.45, 7) is 12.1. The average Bonchev–Trinajstić information content (AvgIpc) is 2.80. The lowest BCUT2D eigenvalue weighted by atomic mass is 9.87. The summed E-state index contributed by atoms with van der Waals surface area (Å²) in [5.41, 5.74) is 2.00. The summed E-state index contributed by atoms with van der Waals surface area (Å²) in [5.74, 6) is -0.528. The Hall–Kier alpha value is -2.58. The van der Waals surface area contributed by atoms with Crippen molar-refractivity contribution in [2.24, 2.45) is 5.92 Å². The largest absolute Gasteiger partial charge is 0.354 e. The number of sulfonamides is 1. The number of hydrogen-bond donors (Lipinski definition) is 1. The quantitative estimate of drug-likeness (QED) is 0.428. The second-order valence-corrected chi connectivity index (χ2v) is 13.1. The molecule has 2 aromatic carbocycles. The minimum Gasteiger partial charge on any atom is -0.354 e. The Morgan fingerprint density at radius 1 is 1.03 bits per heavy atom. The molecular formula is C28H40ClN3O4S. The zero-order valence-corrected chi connectivity index (χ0v) is 24.5. The van der Waals surface area contributed by atoms with Gasteiger partial charge in [-0.1, -0.05) is 83.5 Å². The number of rotatable bonds is 11. The molecular weight excluding hydrogens is 510 g/mol. The van der Waals surface area contributed by atoms with Gasteiger partial charge in [0.25, 0.3) is 0 Å². The fourth-order valence-corrected chi connectivity index (χ4v) is 4.94. The standard InChI is InChI=1S/C28H40ClN3O4S/c1-8-25(27(34)30-17-20(2)3)31(18-21-11-9-10-12-24(21)29)26(33)19-32(37(7,35)36)23-15-13-22(14-16-23)28(4,5)6/h9-16,20,25H,8,17-19H2,1-7H3,(H,30,34)/t25-/m0/s1. The van der Waals surface area contributed by atoms with Crippen molar-refractivity contribution in [1.29, 1.82) is 0 Å². The van der Waals surface area contributed by atoms with Crippen LogP contribution in [0.15, 0.2) is 48.5 Å². The predicted octanol–water partition coefficient (Wildman–Crippen LogP) is 4.98. The highest BCUT2D eigenvalue weighted by Crippen LogP contribution is 2.27. The summed E-state index contributed by atoms with van der Waals surface area (Å²) in [5, 5.41) is 3.37. The third-order valence-corrected chi connectivity index (χ3v) is 7.58. The molecule has 0 aromatic heterocycles. The number of nitrogens with one attached hydrogen (secondary N) is 1. The second kappa shape index (κ2) is 12.8. The van der Waals surface area contributed by atoms with E-state index in [1.165, 1.54) is 4.90 Å². The molecule has 2 aromatic rings. The number of carbonyl (C=O) groups is 2. The summed E-state index contributed by atoms with van der Waals surface area (Å²) in [4.78, 5) is 28.3. The zero-order valence-electron chi connectivity index (χ0n) is 22.9. The molecule has 1 N–H and O–H groups in total. The molecule has 37 heavy (non-hydrogen) atoms. The van der Waals surface area contributed by atoms with Crippen molar-refractivity contribution in [2.75, 3.05) is 23.7 Å². The van der Waals surface area contributed by atoms with Crippen molar-refractivity contribution in [3.63, 3.8) is 0 Å². The SMILES string of the molecule is CC[C@@H](C(=O)NCC(C)C)N(Cc1ccccc1Cl)C(=O)CN(c1ccc(C(C)(C)C)cc1)S(C)(=O)=O. The molecule has 0 spiro atoms. The molecule has 204 valence electrons. The molecule has 0 aliphatic rings. The Morgan fingerprint density at radius 3 is 2.11 bits per heavy atom. The van der Waals surface area contributed by atoms with Crippen molar-refractivity contribution in [3.8, 4) is 0 Å². The molecule has 0 unspecified atom stereocenters. The van der Waals surface area contributed by atoms with Crippen molar-refractivity contribution >= 4 is 39.1 Å². The highest BCUT2D eigenvalue weighted by Gasteiger charge is 2.32. The number of halogens is 1. The average molecular weight is 550 g/mol. The van der Waals surface area contributed by atoms with Crippen LogP contribution in [0.2, 0.25) is 5.02 Å². The first kappa shape index (κ1) is 30.6. The maximum absolute atomic E-state index is 13.8. The fourth-order valence-electron chi connectivity index (χ4n) is 3.89. The highest BCUT2D eigenvalue weighted by atomic mass is 35.5. The van der Waals surface area contributed by atoms with E-state index >= 15 is 0 Å². The van der Waals surface area contributed by atoms with Gasteiger partial charge in [-0.2, -0.15) is 0 Å². The number of amides is 2. The Balaban J connectivity index is 2.44. The van der Waals surface area contributed by atoms with Crippen LogP contribution >= 0.6 is 11.6 Å². The number of hydrogen-bond acceptors (Lipinski definition) is 4. The van der Waals surface area contributed by atoms with Gasteiger partial charge in [-0.3, -0.25) is 13.9 Å². The Labute approximate surface area is 227 Å². The van der Waals surface area contributed by atoms with Gasteiger partial charge in [-0.25, -0.2) is 8.42 Å². The van der Waals surface area contributed by atoms with E-state index in [1.807, 2.05) is 39.0 Å². The van der Waals surface area contributed by atoms with Crippen LogP contribution in [0.3, 0.4) is 0 Å². The van der Waals surface area contributed by atoms with Crippen molar-refractivity contribution < 1.29 is 18.0 Å². The van der Waals surface area contributed by atoms with Crippen LogP contribution in [0.1, 0.15) is 59.1 Å². The van der Waals surface area contributed by atoms with Gasteiger partial charge in [0.15, 0.2) is 0 Å². The van der Waals surface area contributed by atoms with Gasteiger partial charge < -0.3 is 10.2 Å². The van der Waals surface area contributed by atoms with E-state index in [-0.39, 0.29) is 23.8 Å². The number of anilines is 1. The molecule has 7 nitrogen and oxygen atoms in total. The van der Waals surface area contributed by atoms with Crippen LogP contribution in [0, 0.1) is 5.92 Å². The molecule has 1 atom stereocenters. The first-order chi connectivity index (χ1) is 17.1. The topological polar surface area (TPSA) is 86.8 Å². The molecule has 9 heteroatoms. The highest BCUT2D eigenvalue weighted by molar-refractivity contribution is 7.92. The van der Waals surface area contributed by atoms with Gasteiger partial charge in [0, 0.05) is 18.1 Å². The summed E-state index contributed by atoms with van der Waals surface area (Å²) in [6, 6.07) is 13.5. The van der Waals surface area contributed by atoms with Crippen LogP contribution < -0.4 is 9.62 Å². The summed E-state index contributed by atoms with van der Waals surface area (Å²) >= 11 is 6.38. The van der Waals surface area contributed by atoms with Gasteiger partial charge in [-0.15, -0.1) is 0 Å². The summed E-state index contributed by atoms with van der Waals surface area (Å²) in [6.07, 6.45) is 1.43. The third-order valence-electron chi connectivity index (χ3n) is 6.07. The smallest absolute Gasteiger partial charge is 0.244 e. The number of nitrogens with zero attached hydrogens (tertiary/aromatic N) is 2. The van der Waals surface area contributed by atoms with E-state index in [0.717, 1.165) is 16.1 Å². The predicted molar refractivity (Wildman–Crippen MR) is 151 cm³/mol. The second-order valence-electron chi connectivity index (χ2n) is 10.7. The van der Waals surface area contributed by atoms with Crippen LogP contribution in [0.5, 0.6) is 0 Å². The van der Waals surface area contributed by atoms with Crippen LogP contribution in [0.25, 0.3) is 0 Å². The fraction of sp³-hybridized carbons (Fsp3) is 0.500. The third kappa shape index (κ3) is 8.75. The molecule has 0 saturated heterocycles. The molecule has 0 heterocycles. The lowest BCUT2D eigenvalue weighted by Gasteiger charge is -2.33. The molecule has 2 amide bonds. The molecule has 0 saturated carbocycles. The maximum Gasteiger partial charge on any atom is 0.244 e. The van der Waals surface area contributed by atoms with E-state index in [9.17, 15) is 18.0 Å². The van der Waals surface area contributed by atoms with Crippen molar-refractivity contribution in [2.45, 2.75) is 66.0 Å². The van der Waals surface area contributed by atoms with E-state index in [2.05, 4.69) is 26.1 Å². The lowest BCUT2D eigenvalue weighted by Crippen LogP contribution is -2.52. The van der Waals surface area contributed by atoms with Gasteiger partial charge in [0.1, 0.15) is 12.6 Å². The van der Waals surface area contributed by atoms with Gasteiger partial charge in [0.2, 0.25) is 21.8 Å². The Bertz CT molecular complexity index is 1170. The Morgan fingerprint density at radius 2 is 1.62 bits per heavy atom. The summed E-state index contributed by atoms with van der Waals surface area (Å²) < 4.78 is 26.7. The first-order valence-corrected chi connectivity index (χ1v) is 14.8. The molecule has 2 rings (SSSR count). The monoisotopic (exact) mass is 549 g/mol.